The minimum absolute atomic E-state index is 0.143. The lowest BCUT2D eigenvalue weighted by atomic mass is 10.00. The van der Waals surface area contributed by atoms with Crippen molar-refractivity contribution in [1.29, 1.82) is 0 Å². The zero-order chi connectivity index (χ0) is 45.5. The molecule has 0 aromatic heterocycles. The standard InChI is InChI=1S/C49H88O12S/c1-3-5-7-9-11-13-15-17-19-20-21-22-24-26-28-30-32-34-36-38-45(51)60-42(40-59-49-48(54)47(53)46(52)43(61-49)41-62(55,56)57)39-58-44(50)37-35-33-31-29-27-25-23-18-16-14-12-10-8-6-4-2/h17,19,31,33,35,37,42-43,46-49,52-54H,3-16,18,20-30,32,34,36,38-41H2,1-2H3,(H,55,56,57)/b19-17+,33-31+,37-35+/t42-,43-,46-,47?,48?,49+/m1/s1. The van der Waals surface area contributed by atoms with Crippen LogP contribution in [-0.4, -0.2) is 96.0 Å². The normalized spacial score (nSPS) is 20.1. The van der Waals surface area contributed by atoms with Crippen molar-refractivity contribution in [1.82, 2.24) is 0 Å². The van der Waals surface area contributed by atoms with E-state index in [0.717, 1.165) is 38.5 Å². The molecule has 362 valence electrons. The summed E-state index contributed by atoms with van der Waals surface area (Å²) in [7, 11) is -4.61. The van der Waals surface area contributed by atoms with E-state index in [2.05, 4.69) is 26.0 Å². The Hall–Kier alpha value is -2.13. The van der Waals surface area contributed by atoms with Gasteiger partial charge in [0.05, 0.1) is 6.61 Å². The number of hydrogen-bond donors (Lipinski definition) is 4. The van der Waals surface area contributed by atoms with E-state index in [-0.39, 0.29) is 13.0 Å². The summed E-state index contributed by atoms with van der Waals surface area (Å²) in [4.78, 5) is 25.3. The fourth-order valence-corrected chi connectivity index (χ4v) is 8.16. The molecule has 62 heavy (non-hydrogen) atoms. The van der Waals surface area contributed by atoms with E-state index in [4.69, 9.17) is 18.9 Å². The molecule has 2 unspecified atom stereocenters. The second-order valence-electron chi connectivity index (χ2n) is 17.2. The Labute approximate surface area is 376 Å². The van der Waals surface area contributed by atoms with Gasteiger partial charge in [-0.1, -0.05) is 185 Å². The van der Waals surface area contributed by atoms with Gasteiger partial charge in [0.2, 0.25) is 0 Å². The van der Waals surface area contributed by atoms with Crippen LogP contribution in [0.1, 0.15) is 206 Å². The number of ether oxygens (including phenoxy) is 4. The number of allylic oxidation sites excluding steroid dienone is 5. The number of carbonyl (C=O) groups excluding carboxylic acids is 2. The maximum atomic E-state index is 12.8. The molecule has 1 aliphatic heterocycles. The predicted molar refractivity (Wildman–Crippen MR) is 247 cm³/mol. The van der Waals surface area contributed by atoms with Gasteiger partial charge in [-0.05, 0) is 44.9 Å². The first kappa shape index (κ1) is 57.9. The van der Waals surface area contributed by atoms with Crippen molar-refractivity contribution in [2.45, 2.75) is 243 Å². The van der Waals surface area contributed by atoms with Gasteiger partial charge in [0.15, 0.2) is 12.4 Å². The summed E-state index contributed by atoms with van der Waals surface area (Å²) in [5.74, 6) is -2.24. The van der Waals surface area contributed by atoms with E-state index in [1.165, 1.54) is 147 Å². The monoisotopic (exact) mass is 901 g/mol. The van der Waals surface area contributed by atoms with Crippen LogP contribution in [0.15, 0.2) is 36.5 Å². The van der Waals surface area contributed by atoms with Crippen LogP contribution in [0.4, 0.5) is 0 Å². The Morgan fingerprint density at radius 3 is 1.52 bits per heavy atom. The molecule has 0 saturated carbocycles. The van der Waals surface area contributed by atoms with Crippen LogP contribution in [0.2, 0.25) is 0 Å². The van der Waals surface area contributed by atoms with Gasteiger partial charge >= 0.3 is 11.9 Å². The van der Waals surface area contributed by atoms with Gasteiger partial charge in [0, 0.05) is 12.5 Å². The van der Waals surface area contributed by atoms with E-state index < -0.39 is 71.2 Å². The molecule has 0 spiro atoms. The molecular formula is C49H88O12S. The zero-order valence-electron chi connectivity index (χ0n) is 38.7. The molecule has 1 rings (SSSR count). The van der Waals surface area contributed by atoms with Gasteiger partial charge in [0.25, 0.3) is 10.1 Å². The van der Waals surface area contributed by atoms with Crippen molar-refractivity contribution < 1.29 is 56.8 Å². The largest absolute Gasteiger partial charge is 0.458 e. The second kappa shape index (κ2) is 39.3. The Morgan fingerprint density at radius 2 is 1.03 bits per heavy atom. The maximum absolute atomic E-state index is 12.8. The third-order valence-corrected chi connectivity index (χ3v) is 12.0. The van der Waals surface area contributed by atoms with Gasteiger partial charge in [-0.3, -0.25) is 9.35 Å². The van der Waals surface area contributed by atoms with Crippen LogP contribution in [0.3, 0.4) is 0 Å². The first-order chi connectivity index (χ1) is 30.0. The van der Waals surface area contributed by atoms with Crippen LogP contribution in [0.25, 0.3) is 0 Å². The van der Waals surface area contributed by atoms with Crippen LogP contribution < -0.4 is 0 Å². The summed E-state index contributed by atoms with van der Waals surface area (Å²) in [5.41, 5.74) is 0. The topological polar surface area (TPSA) is 186 Å². The smallest absolute Gasteiger partial charge is 0.330 e. The first-order valence-electron chi connectivity index (χ1n) is 24.6. The molecule has 0 aliphatic carbocycles. The van der Waals surface area contributed by atoms with Crippen LogP contribution >= 0.6 is 0 Å². The lowest BCUT2D eigenvalue weighted by molar-refractivity contribution is -0.297. The average Bonchev–Trinajstić information content (AvgIpc) is 3.24. The van der Waals surface area contributed by atoms with Crippen molar-refractivity contribution >= 4 is 22.1 Å². The van der Waals surface area contributed by atoms with Gasteiger partial charge < -0.3 is 34.3 Å². The Morgan fingerprint density at radius 1 is 0.581 bits per heavy atom. The number of hydrogen-bond acceptors (Lipinski definition) is 11. The molecule has 0 aromatic carbocycles. The molecule has 0 radical (unpaired) electrons. The lowest BCUT2D eigenvalue weighted by Crippen LogP contribution is -2.60. The number of unbranched alkanes of at least 4 members (excludes halogenated alkanes) is 26. The molecular weight excluding hydrogens is 813 g/mol. The molecule has 12 nitrogen and oxygen atoms in total. The number of rotatable bonds is 41. The van der Waals surface area contributed by atoms with E-state index in [1.807, 2.05) is 6.08 Å². The Kier molecular flexibility index (Phi) is 36.6. The van der Waals surface area contributed by atoms with E-state index in [0.29, 0.717) is 6.42 Å². The quantitative estimate of drug-likeness (QED) is 0.0114. The highest BCUT2D eigenvalue weighted by Gasteiger charge is 2.46. The molecule has 13 heteroatoms. The summed E-state index contributed by atoms with van der Waals surface area (Å²) >= 11 is 0. The molecule has 1 saturated heterocycles. The zero-order valence-corrected chi connectivity index (χ0v) is 39.5. The van der Waals surface area contributed by atoms with Crippen molar-refractivity contribution in [3.8, 4) is 0 Å². The summed E-state index contributed by atoms with van der Waals surface area (Å²) in [5, 5.41) is 30.9. The molecule has 0 bridgehead atoms. The number of aliphatic hydroxyl groups is 3. The third-order valence-electron chi connectivity index (χ3n) is 11.3. The SMILES string of the molecule is CCCCCCCC/C=C/CCCCCCCCCCCC(=O)O[C@H](COC(=O)/C=C/C=C/CCCCCCCCCCCCC)CO[C@H]1O[C@H](CS(=O)(=O)O)[C@@H](O)C(O)C1O. The van der Waals surface area contributed by atoms with Gasteiger partial charge in [-0.25, -0.2) is 4.79 Å². The average molecular weight is 901 g/mol. The molecule has 0 amide bonds. The van der Waals surface area contributed by atoms with Crippen molar-refractivity contribution in [2.75, 3.05) is 19.0 Å². The summed E-state index contributed by atoms with van der Waals surface area (Å²) in [6.07, 6.45) is 36.7. The molecule has 4 N–H and O–H groups in total. The van der Waals surface area contributed by atoms with E-state index in [9.17, 15) is 37.9 Å². The van der Waals surface area contributed by atoms with Crippen molar-refractivity contribution in [2.24, 2.45) is 0 Å². The first-order valence-corrected chi connectivity index (χ1v) is 26.2. The molecule has 1 aliphatic rings. The Balaban J connectivity index is 2.44. The van der Waals surface area contributed by atoms with Gasteiger partial charge in [0.1, 0.15) is 36.8 Å². The highest BCUT2D eigenvalue weighted by molar-refractivity contribution is 7.85. The minimum atomic E-state index is -4.61. The maximum Gasteiger partial charge on any atom is 0.330 e. The van der Waals surface area contributed by atoms with E-state index >= 15 is 0 Å². The molecule has 0 aromatic rings. The Bertz CT molecular complexity index is 1290. The van der Waals surface area contributed by atoms with Crippen molar-refractivity contribution in [3.63, 3.8) is 0 Å². The predicted octanol–water partition coefficient (Wildman–Crippen LogP) is 10.6. The van der Waals surface area contributed by atoms with Crippen LogP contribution in [-0.2, 0) is 38.7 Å². The van der Waals surface area contributed by atoms with Gasteiger partial charge in [-0.2, -0.15) is 8.42 Å². The second-order valence-corrected chi connectivity index (χ2v) is 18.7. The van der Waals surface area contributed by atoms with E-state index in [1.54, 1.807) is 12.2 Å². The molecule has 1 heterocycles. The molecule has 1 fully saturated rings. The number of carbonyl (C=O) groups is 2. The highest BCUT2D eigenvalue weighted by Crippen LogP contribution is 2.24. The molecule has 6 atom stereocenters. The fraction of sp³-hybridized carbons (Fsp3) is 0.837. The highest BCUT2D eigenvalue weighted by atomic mass is 32.2. The number of esters is 2. The minimum Gasteiger partial charge on any atom is -0.458 e. The van der Waals surface area contributed by atoms with Crippen LogP contribution in [0.5, 0.6) is 0 Å². The summed E-state index contributed by atoms with van der Waals surface area (Å²) in [6.45, 7) is 3.67. The number of aliphatic hydroxyl groups excluding tert-OH is 3. The summed E-state index contributed by atoms with van der Waals surface area (Å²) < 4.78 is 54.0. The summed E-state index contributed by atoms with van der Waals surface area (Å²) in [6, 6.07) is 0. The lowest BCUT2D eigenvalue weighted by Gasteiger charge is -2.40. The van der Waals surface area contributed by atoms with Crippen LogP contribution in [0, 0.1) is 0 Å². The third kappa shape index (κ3) is 33.4. The van der Waals surface area contributed by atoms with Gasteiger partial charge in [-0.15, -0.1) is 0 Å². The van der Waals surface area contributed by atoms with Crippen molar-refractivity contribution in [3.05, 3.63) is 36.5 Å². The fourth-order valence-electron chi connectivity index (χ4n) is 7.47.